The van der Waals surface area contributed by atoms with Crippen molar-refractivity contribution in [1.29, 1.82) is 0 Å². The number of benzene rings is 2. The summed E-state index contributed by atoms with van der Waals surface area (Å²) in [6.45, 7) is 2.77. The molecular weight excluding hydrogens is 390 g/mol. The summed E-state index contributed by atoms with van der Waals surface area (Å²) in [5, 5.41) is 17.2. The lowest BCUT2D eigenvalue weighted by atomic mass is 10.0. The molecule has 7 heteroatoms. The lowest BCUT2D eigenvalue weighted by molar-refractivity contribution is -0.124. The normalized spacial score (nSPS) is 16.7. The largest absolute Gasteiger partial charge is 0.296 e. The minimum absolute atomic E-state index is 0.401. The molecule has 1 aliphatic heterocycles. The van der Waals surface area contributed by atoms with Crippen LogP contribution in [0, 0.1) is 0 Å². The van der Waals surface area contributed by atoms with Gasteiger partial charge in [-0.3, -0.25) is 14.9 Å². The predicted octanol–water partition coefficient (Wildman–Crippen LogP) is 3.22. The maximum atomic E-state index is 11.1. The Balaban J connectivity index is 1.33. The first-order valence-electron chi connectivity index (χ1n) is 10.6. The quantitative estimate of drug-likeness (QED) is 0.334. The van der Waals surface area contributed by atoms with E-state index in [-0.39, 0.29) is 0 Å². The van der Waals surface area contributed by atoms with Crippen LogP contribution in [0.25, 0.3) is 6.08 Å². The third-order valence-corrected chi connectivity index (χ3v) is 5.65. The van der Waals surface area contributed by atoms with Gasteiger partial charge in [0.05, 0.1) is 12.2 Å². The monoisotopic (exact) mass is 417 g/mol. The molecule has 0 saturated carbocycles. The van der Waals surface area contributed by atoms with Crippen LogP contribution in [0.3, 0.4) is 0 Å². The molecule has 1 aliphatic rings. The molecular formula is C24H27N5O2. The number of nitrogens with one attached hydrogen (secondary N) is 1. The van der Waals surface area contributed by atoms with Crippen LogP contribution in [0.1, 0.15) is 41.3 Å². The second kappa shape index (κ2) is 10.1. The number of likely N-dealkylation sites (tertiary alicyclic amines) is 1. The van der Waals surface area contributed by atoms with Crippen molar-refractivity contribution in [2.24, 2.45) is 0 Å². The third-order valence-electron chi connectivity index (χ3n) is 5.65. The Morgan fingerprint density at radius 2 is 1.97 bits per heavy atom. The van der Waals surface area contributed by atoms with Crippen molar-refractivity contribution in [1.82, 2.24) is 25.4 Å². The first kappa shape index (κ1) is 21.0. The zero-order valence-corrected chi connectivity index (χ0v) is 17.4. The standard InChI is InChI=1S/C24H27N5O2/c30-24(26-31)13-10-19-8-11-21(12-9-19)23-7-4-15-28(23)16-14-22-18-29(27-25-22)17-20-5-2-1-3-6-20/h1-3,5-6,8-13,18,23,31H,4,7,14-17H2,(H,26,30)/b13-10+/t23-/m0/s1. The van der Waals surface area contributed by atoms with Crippen molar-refractivity contribution in [2.75, 3.05) is 13.1 Å². The molecule has 7 nitrogen and oxygen atoms in total. The summed E-state index contributed by atoms with van der Waals surface area (Å²) < 4.78 is 1.90. The average Bonchev–Trinajstić information content (AvgIpc) is 3.46. The van der Waals surface area contributed by atoms with E-state index < -0.39 is 5.91 Å². The fourth-order valence-corrected chi connectivity index (χ4v) is 4.07. The molecule has 2 N–H and O–H groups in total. The van der Waals surface area contributed by atoms with E-state index in [0.717, 1.165) is 43.7 Å². The van der Waals surface area contributed by atoms with Crippen molar-refractivity contribution in [3.8, 4) is 0 Å². The molecule has 0 spiro atoms. The molecule has 0 aliphatic carbocycles. The highest BCUT2D eigenvalue weighted by atomic mass is 16.5. The Bertz CT molecular complexity index is 1010. The molecule has 4 rings (SSSR count). The van der Waals surface area contributed by atoms with Crippen LogP contribution < -0.4 is 5.48 Å². The molecule has 31 heavy (non-hydrogen) atoms. The zero-order chi connectivity index (χ0) is 21.5. The second-order valence-electron chi connectivity index (χ2n) is 7.81. The zero-order valence-electron chi connectivity index (χ0n) is 17.4. The highest BCUT2D eigenvalue weighted by molar-refractivity contribution is 5.90. The van der Waals surface area contributed by atoms with Crippen molar-refractivity contribution >= 4 is 12.0 Å². The lowest BCUT2D eigenvalue weighted by Gasteiger charge is -2.24. The second-order valence-corrected chi connectivity index (χ2v) is 7.81. The molecule has 0 bridgehead atoms. The van der Waals surface area contributed by atoms with E-state index in [2.05, 4.69) is 39.5 Å². The molecule has 0 radical (unpaired) electrons. The number of nitrogens with zero attached hydrogens (tertiary/aromatic N) is 4. The minimum Gasteiger partial charge on any atom is -0.296 e. The first-order valence-corrected chi connectivity index (χ1v) is 10.6. The third kappa shape index (κ3) is 5.65. The number of carbonyl (C=O) groups is 1. The van der Waals surface area contributed by atoms with Gasteiger partial charge in [0.25, 0.3) is 5.91 Å². The smallest absolute Gasteiger partial charge is 0.267 e. The van der Waals surface area contributed by atoms with Gasteiger partial charge in [0, 0.05) is 31.3 Å². The first-order chi connectivity index (χ1) is 15.2. The summed E-state index contributed by atoms with van der Waals surface area (Å²) in [5.41, 5.74) is 6.04. The molecule has 1 aromatic heterocycles. The highest BCUT2D eigenvalue weighted by Crippen LogP contribution is 2.32. The number of aromatic nitrogens is 3. The summed E-state index contributed by atoms with van der Waals surface area (Å²) >= 11 is 0. The van der Waals surface area contributed by atoms with Gasteiger partial charge < -0.3 is 0 Å². The summed E-state index contributed by atoms with van der Waals surface area (Å²) in [5.74, 6) is -0.535. The summed E-state index contributed by atoms with van der Waals surface area (Å²) in [4.78, 5) is 13.6. The number of hydrogen-bond acceptors (Lipinski definition) is 5. The van der Waals surface area contributed by atoms with E-state index in [1.165, 1.54) is 23.6 Å². The van der Waals surface area contributed by atoms with Crippen LogP contribution in [0.4, 0.5) is 0 Å². The number of carbonyl (C=O) groups excluding carboxylic acids is 1. The summed E-state index contributed by atoms with van der Waals surface area (Å²) in [7, 11) is 0. The predicted molar refractivity (Wildman–Crippen MR) is 118 cm³/mol. The summed E-state index contributed by atoms with van der Waals surface area (Å²) in [6, 6.07) is 18.9. The van der Waals surface area contributed by atoms with Gasteiger partial charge in [0.1, 0.15) is 0 Å². The van der Waals surface area contributed by atoms with E-state index >= 15 is 0 Å². The Labute approximate surface area is 182 Å². The van der Waals surface area contributed by atoms with Gasteiger partial charge in [-0.1, -0.05) is 59.8 Å². The number of amides is 1. The van der Waals surface area contributed by atoms with Crippen molar-refractivity contribution < 1.29 is 10.0 Å². The van der Waals surface area contributed by atoms with Gasteiger partial charge in [-0.25, -0.2) is 10.2 Å². The van der Waals surface area contributed by atoms with Crippen LogP contribution in [-0.4, -0.2) is 44.1 Å². The molecule has 160 valence electrons. The highest BCUT2D eigenvalue weighted by Gasteiger charge is 2.25. The number of hydrogen-bond donors (Lipinski definition) is 2. The fraction of sp³-hybridized carbons (Fsp3) is 0.292. The number of rotatable bonds is 8. The van der Waals surface area contributed by atoms with Crippen LogP contribution in [-0.2, 0) is 17.8 Å². The minimum atomic E-state index is -0.535. The molecule has 3 aromatic rings. The Hall–Kier alpha value is -3.29. The maximum Gasteiger partial charge on any atom is 0.267 e. The molecule has 2 aromatic carbocycles. The topological polar surface area (TPSA) is 83.3 Å². The van der Waals surface area contributed by atoms with Crippen molar-refractivity contribution in [3.05, 3.63) is 89.3 Å². The molecule has 1 saturated heterocycles. The number of hydroxylamine groups is 1. The van der Waals surface area contributed by atoms with Gasteiger partial charge >= 0.3 is 0 Å². The van der Waals surface area contributed by atoms with Crippen LogP contribution in [0.2, 0.25) is 0 Å². The Morgan fingerprint density at radius 3 is 2.74 bits per heavy atom. The average molecular weight is 418 g/mol. The molecule has 0 unspecified atom stereocenters. The van der Waals surface area contributed by atoms with Gasteiger partial charge in [-0.2, -0.15) is 0 Å². The maximum absolute atomic E-state index is 11.1. The van der Waals surface area contributed by atoms with Gasteiger partial charge in [-0.15, -0.1) is 5.10 Å². The van der Waals surface area contributed by atoms with Crippen molar-refractivity contribution in [3.63, 3.8) is 0 Å². The van der Waals surface area contributed by atoms with Crippen molar-refractivity contribution in [2.45, 2.75) is 31.8 Å². The van der Waals surface area contributed by atoms with E-state index in [1.807, 2.05) is 41.2 Å². The van der Waals surface area contributed by atoms with Crippen LogP contribution >= 0.6 is 0 Å². The van der Waals surface area contributed by atoms with E-state index in [9.17, 15) is 4.79 Å². The van der Waals surface area contributed by atoms with Crippen LogP contribution in [0.5, 0.6) is 0 Å². The van der Waals surface area contributed by atoms with Crippen LogP contribution in [0.15, 0.2) is 66.9 Å². The molecule has 1 atom stereocenters. The van der Waals surface area contributed by atoms with E-state index in [1.54, 1.807) is 11.6 Å². The van der Waals surface area contributed by atoms with Gasteiger partial charge in [-0.05, 0) is 42.2 Å². The SMILES string of the molecule is O=C(/C=C/c1ccc([C@@H]2CCCN2CCc2cn(Cc3ccccc3)nn2)cc1)NO. The Morgan fingerprint density at radius 1 is 1.16 bits per heavy atom. The fourth-order valence-electron chi connectivity index (χ4n) is 4.07. The van der Waals surface area contributed by atoms with Gasteiger partial charge in [0.2, 0.25) is 0 Å². The molecule has 2 heterocycles. The molecule has 1 amide bonds. The molecule has 1 fully saturated rings. The summed E-state index contributed by atoms with van der Waals surface area (Å²) in [6.07, 6.45) is 8.24. The lowest BCUT2D eigenvalue weighted by Crippen LogP contribution is -2.25. The van der Waals surface area contributed by atoms with E-state index in [4.69, 9.17) is 5.21 Å². The van der Waals surface area contributed by atoms with E-state index in [0.29, 0.717) is 6.04 Å². The van der Waals surface area contributed by atoms with Gasteiger partial charge in [0.15, 0.2) is 0 Å². The Kier molecular flexibility index (Phi) is 6.86.